The molecule has 0 aliphatic carbocycles. The molecule has 2 aliphatic heterocycles. The van der Waals surface area contributed by atoms with Crippen LogP contribution in [-0.2, 0) is 0 Å². The molecule has 0 aromatic heterocycles. The highest BCUT2D eigenvalue weighted by molar-refractivity contribution is 5.02. The monoisotopic (exact) mass is 164 g/mol. The fraction of sp³-hybridized carbons (Fsp3) is 0.800. The minimum absolute atomic E-state index is 0.329. The first kappa shape index (κ1) is 8.10. The van der Waals surface area contributed by atoms with Gasteiger partial charge in [0.05, 0.1) is 6.04 Å². The lowest BCUT2D eigenvalue weighted by Crippen LogP contribution is -2.32. The van der Waals surface area contributed by atoms with E-state index in [9.17, 15) is 0 Å². The van der Waals surface area contributed by atoms with E-state index >= 15 is 0 Å². The van der Waals surface area contributed by atoms with Crippen LogP contribution in [0.3, 0.4) is 0 Å². The summed E-state index contributed by atoms with van der Waals surface area (Å²) in [6, 6.07) is 0.329. The van der Waals surface area contributed by atoms with Gasteiger partial charge in [-0.2, -0.15) is 0 Å². The average Bonchev–Trinajstić information content (AvgIpc) is 2.60. The number of rotatable bonds is 1. The van der Waals surface area contributed by atoms with Gasteiger partial charge in [0, 0.05) is 13.1 Å². The maximum absolute atomic E-state index is 5.39. The summed E-state index contributed by atoms with van der Waals surface area (Å²) in [6.45, 7) is 6.90. The van der Waals surface area contributed by atoms with Gasteiger partial charge in [-0.05, 0) is 31.8 Å². The molecule has 1 unspecified atom stereocenters. The third-order valence-corrected chi connectivity index (χ3v) is 3.21. The molecule has 2 saturated heterocycles. The molecular formula is C10H16N2. The second-order valence-corrected chi connectivity index (χ2v) is 3.97. The van der Waals surface area contributed by atoms with Crippen LogP contribution in [0.2, 0.25) is 0 Å². The lowest BCUT2D eigenvalue weighted by molar-refractivity contribution is 0.285. The van der Waals surface area contributed by atoms with E-state index in [1.807, 2.05) is 0 Å². The lowest BCUT2D eigenvalue weighted by Gasteiger charge is -2.20. The van der Waals surface area contributed by atoms with Gasteiger partial charge in [0.1, 0.15) is 0 Å². The molecule has 12 heavy (non-hydrogen) atoms. The molecule has 66 valence electrons. The van der Waals surface area contributed by atoms with Gasteiger partial charge in [0.2, 0.25) is 0 Å². The summed E-state index contributed by atoms with van der Waals surface area (Å²) < 4.78 is 0. The average molecular weight is 164 g/mol. The molecule has 2 aliphatic rings. The second-order valence-electron chi connectivity index (χ2n) is 3.97. The van der Waals surface area contributed by atoms with Crippen molar-refractivity contribution in [3.05, 3.63) is 0 Å². The van der Waals surface area contributed by atoms with Crippen LogP contribution in [0.4, 0.5) is 0 Å². The van der Waals surface area contributed by atoms with Crippen LogP contribution < -0.4 is 5.32 Å². The highest BCUT2D eigenvalue weighted by atomic mass is 15.2. The molecule has 0 spiro atoms. The molecule has 2 nitrogen and oxygen atoms in total. The van der Waals surface area contributed by atoms with Crippen LogP contribution in [0.5, 0.6) is 0 Å². The first-order chi connectivity index (χ1) is 5.81. The van der Waals surface area contributed by atoms with Gasteiger partial charge >= 0.3 is 0 Å². The molecule has 3 atom stereocenters. The van der Waals surface area contributed by atoms with Gasteiger partial charge in [-0.1, -0.05) is 5.92 Å². The number of terminal acetylenes is 1. The van der Waals surface area contributed by atoms with E-state index in [2.05, 4.69) is 23.1 Å². The SMILES string of the molecule is C#CC(C)N1C[C@H]2CNC[C@H]2C1. The second kappa shape index (κ2) is 3.08. The molecule has 2 rings (SSSR count). The van der Waals surface area contributed by atoms with E-state index in [0.29, 0.717) is 6.04 Å². The zero-order valence-electron chi connectivity index (χ0n) is 7.59. The summed E-state index contributed by atoms with van der Waals surface area (Å²) in [5.74, 6) is 4.53. The molecule has 0 saturated carbocycles. The van der Waals surface area contributed by atoms with E-state index in [1.165, 1.54) is 26.2 Å². The molecule has 2 heteroatoms. The summed E-state index contributed by atoms with van der Waals surface area (Å²) >= 11 is 0. The van der Waals surface area contributed by atoms with Gasteiger partial charge in [0.25, 0.3) is 0 Å². The maximum atomic E-state index is 5.39. The summed E-state index contributed by atoms with van der Waals surface area (Å²) in [5.41, 5.74) is 0. The summed E-state index contributed by atoms with van der Waals surface area (Å²) in [5, 5.41) is 3.42. The Bertz CT molecular complexity index is 194. The molecule has 2 fully saturated rings. The van der Waals surface area contributed by atoms with Crippen molar-refractivity contribution in [3.63, 3.8) is 0 Å². The molecule has 0 radical (unpaired) electrons. The van der Waals surface area contributed by atoms with Gasteiger partial charge in [-0.25, -0.2) is 0 Å². The number of fused-ring (bicyclic) bond motifs is 1. The Kier molecular flexibility index (Phi) is 2.08. The third kappa shape index (κ3) is 1.24. The van der Waals surface area contributed by atoms with E-state index < -0.39 is 0 Å². The standard InChI is InChI=1S/C10H16N2/c1-3-8(2)12-6-9-4-11-5-10(9)7-12/h1,8-11H,4-7H2,2H3/t8?,9-,10+. The zero-order valence-corrected chi connectivity index (χ0v) is 7.59. The molecule has 0 bridgehead atoms. The van der Waals surface area contributed by atoms with Crippen LogP contribution in [0.25, 0.3) is 0 Å². The van der Waals surface area contributed by atoms with Crippen molar-refractivity contribution in [1.29, 1.82) is 0 Å². The summed E-state index contributed by atoms with van der Waals surface area (Å²) in [4.78, 5) is 2.43. The first-order valence-corrected chi connectivity index (χ1v) is 4.72. The Balaban J connectivity index is 1.95. The normalized spacial score (nSPS) is 37.7. The highest BCUT2D eigenvalue weighted by Crippen LogP contribution is 2.27. The fourth-order valence-electron chi connectivity index (χ4n) is 2.31. The van der Waals surface area contributed by atoms with Crippen molar-refractivity contribution >= 4 is 0 Å². The van der Waals surface area contributed by atoms with Crippen LogP contribution >= 0.6 is 0 Å². The van der Waals surface area contributed by atoms with Gasteiger partial charge in [-0.15, -0.1) is 6.42 Å². The first-order valence-electron chi connectivity index (χ1n) is 4.72. The Morgan fingerprint density at radius 2 is 2.00 bits per heavy atom. The van der Waals surface area contributed by atoms with Crippen molar-refractivity contribution < 1.29 is 0 Å². The van der Waals surface area contributed by atoms with Gasteiger partial charge in [0.15, 0.2) is 0 Å². The molecule has 0 aromatic rings. The van der Waals surface area contributed by atoms with Crippen LogP contribution in [-0.4, -0.2) is 37.1 Å². The number of likely N-dealkylation sites (tertiary alicyclic amines) is 1. The Morgan fingerprint density at radius 3 is 2.50 bits per heavy atom. The zero-order chi connectivity index (χ0) is 8.55. The Hall–Kier alpha value is -0.520. The van der Waals surface area contributed by atoms with Crippen molar-refractivity contribution in [1.82, 2.24) is 10.2 Å². The topological polar surface area (TPSA) is 15.3 Å². The minimum Gasteiger partial charge on any atom is -0.316 e. The molecular weight excluding hydrogens is 148 g/mol. The van der Waals surface area contributed by atoms with Crippen molar-refractivity contribution in [2.75, 3.05) is 26.2 Å². The number of hydrogen-bond donors (Lipinski definition) is 1. The van der Waals surface area contributed by atoms with Crippen molar-refractivity contribution in [3.8, 4) is 12.3 Å². The lowest BCUT2D eigenvalue weighted by atomic mass is 10.0. The van der Waals surface area contributed by atoms with Crippen LogP contribution in [0.1, 0.15) is 6.92 Å². The van der Waals surface area contributed by atoms with Gasteiger partial charge < -0.3 is 5.32 Å². The largest absolute Gasteiger partial charge is 0.316 e. The van der Waals surface area contributed by atoms with E-state index in [1.54, 1.807) is 0 Å². The number of nitrogens with zero attached hydrogens (tertiary/aromatic N) is 1. The predicted octanol–water partition coefficient (Wildman–Crippen LogP) is 0.159. The highest BCUT2D eigenvalue weighted by Gasteiger charge is 2.37. The summed E-state index contributed by atoms with van der Waals surface area (Å²) in [7, 11) is 0. The summed E-state index contributed by atoms with van der Waals surface area (Å²) in [6.07, 6.45) is 5.39. The maximum Gasteiger partial charge on any atom is 0.0683 e. The predicted molar refractivity (Wildman–Crippen MR) is 49.7 cm³/mol. The third-order valence-electron chi connectivity index (χ3n) is 3.21. The number of nitrogens with one attached hydrogen (secondary N) is 1. The molecule has 1 N–H and O–H groups in total. The smallest absolute Gasteiger partial charge is 0.0683 e. The van der Waals surface area contributed by atoms with Crippen LogP contribution in [0, 0.1) is 24.2 Å². The number of hydrogen-bond acceptors (Lipinski definition) is 2. The molecule has 0 aromatic carbocycles. The quantitative estimate of drug-likeness (QED) is 0.555. The van der Waals surface area contributed by atoms with Crippen molar-refractivity contribution in [2.24, 2.45) is 11.8 Å². The molecule has 2 heterocycles. The van der Waals surface area contributed by atoms with E-state index in [0.717, 1.165) is 11.8 Å². The van der Waals surface area contributed by atoms with E-state index in [-0.39, 0.29) is 0 Å². The Labute approximate surface area is 74.3 Å². The van der Waals surface area contributed by atoms with E-state index in [4.69, 9.17) is 6.42 Å². The minimum atomic E-state index is 0.329. The van der Waals surface area contributed by atoms with Crippen molar-refractivity contribution in [2.45, 2.75) is 13.0 Å². The van der Waals surface area contributed by atoms with Gasteiger partial charge in [-0.3, -0.25) is 4.90 Å². The van der Waals surface area contributed by atoms with Crippen LogP contribution in [0.15, 0.2) is 0 Å². The fourth-order valence-corrected chi connectivity index (χ4v) is 2.31. The molecule has 0 amide bonds. The Morgan fingerprint density at radius 1 is 1.42 bits per heavy atom.